The van der Waals surface area contributed by atoms with E-state index in [4.69, 9.17) is 4.74 Å². The van der Waals surface area contributed by atoms with Crippen LogP contribution in [0, 0.1) is 0 Å². The van der Waals surface area contributed by atoms with E-state index in [0.717, 1.165) is 51.1 Å². The molecule has 3 rings (SSSR count). The quantitative estimate of drug-likeness (QED) is 0.474. The van der Waals surface area contributed by atoms with Gasteiger partial charge in [-0.05, 0) is 43.9 Å². The van der Waals surface area contributed by atoms with E-state index in [1.165, 1.54) is 19.1 Å². The van der Waals surface area contributed by atoms with Gasteiger partial charge >= 0.3 is 12.1 Å². The Morgan fingerprint density at radius 1 is 0.972 bits per heavy atom. The first-order valence-corrected chi connectivity index (χ1v) is 12.4. The summed E-state index contributed by atoms with van der Waals surface area (Å²) in [4.78, 5) is 38.6. The van der Waals surface area contributed by atoms with E-state index in [1.54, 1.807) is 12.1 Å². The number of carbonyl (C=O) groups is 3. The Labute approximate surface area is 209 Å². The van der Waals surface area contributed by atoms with Crippen LogP contribution in [-0.2, 0) is 25.7 Å². The van der Waals surface area contributed by atoms with Gasteiger partial charge in [0.2, 0.25) is 5.91 Å². The number of alkyl halides is 3. The lowest BCUT2D eigenvalue weighted by Gasteiger charge is -2.35. The highest BCUT2D eigenvalue weighted by Crippen LogP contribution is 2.22. The lowest BCUT2D eigenvalue weighted by molar-refractivity contribution is -0.167. The first-order valence-electron chi connectivity index (χ1n) is 12.4. The molecule has 36 heavy (non-hydrogen) atoms. The second-order valence-electron chi connectivity index (χ2n) is 9.54. The molecule has 0 bridgehead atoms. The van der Waals surface area contributed by atoms with Gasteiger partial charge in [0.15, 0.2) is 0 Å². The number of hydrogen-bond acceptors (Lipinski definition) is 6. The molecule has 200 valence electrons. The zero-order chi connectivity index (χ0) is 26.1. The summed E-state index contributed by atoms with van der Waals surface area (Å²) in [7, 11) is 0. The summed E-state index contributed by atoms with van der Waals surface area (Å²) in [5, 5.41) is 4.76. The topological polar surface area (TPSA) is 91.0 Å². The normalized spacial score (nSPS) is 21.3. The summed E-state index contributed by atoms with van der Waals surface area (Å²) in [6, 6.07) is 6.43. The number of nitrogens with one attached hydrogen (secondary N) is 2. The summed E-state index contributed by atoms with van der Waals surface area (Å²) < 4.78 is 43.2. The lowest BCUT2D eigenvalue weighted by Crippen LogP contribution is -2.48. The fourth-order valence-electron chi connectivity index (χ4n) is 4.45. The van der Waals surface area contributed by atoms with E-state index in [9.17, 15) is 27.6 Å². The molecule has 1 aromatic rings. The average Bonchev–Trinajstić information content (AvgIpc) is 3.26. The number of ether oxygens (including phenoxy) is 1. The van der Waals surface area contributed by atoms with Gasteiger partial charge < -0.3 is 20.2 Å². The van der Waals surface area contributed by atoms with Crippen molar-refractivity contribution in [3.63, 3.8) is 0 Å². The van der Waals surface area contributed by atoms with E-state index < -0.39 is 12.1 Å². The fraction of sp³-hybridized carbons (Fsp3) is 0.640. The molecule has 2 N–H and O–H groups in total. The Kier molecular flexibility index (Phi) is 10.3. The van der Waals surface area contributed by atoms with Gasteiger partial charge in [-0.15, -0.1) is 0 Å². The maximum atomic E-state index is 12.4. The zero-order valence-electron chi connectivity index (χ0n) is 20.6. The number of anilines is 1. The van der Waals surface area contributed by atoms with Crippen molar-refractivity contribution in [3.05, 3.63) is 29.8 Å². The van der Waals surface area contributed by atoms with Crippen molar-refractivity contribution in [2.75, 3.05) is 44.6 Å². The molecule has 11 heteroatoms. The van der Waals surface area contributed by atoms with Gasteiger partial charge in [-0.1, -0.05) is 12.1 Å². The standard InChI is InChI=1S/C25H35F3N4O4/c1-18(33)3-2-4-23(34)29-15-21-9-10-22(36-21)17-32-13-11-31(12-14-32)16-19-5-7-20(8-6-19)30-24(35)25(26,27)28/h5-8,21-22H,2-4,9-17H2,1H3,(H,29,34)(H,30,35). The number of nitrogens with zero attached hydrogens (tertiary/aromatic N) is 2. The minimum atomic E-state index is -4.91. The Balaban J connectivity index is 1.30. The van der Waals surface area contributed by atoms with Crippen molar-refractivity contribution in [2.24, 2.45) is 0 Å². The van der Waals surface area contributed by atoms with E-state index in [0.29, 0.717) is 32.4 Å². The molecule has 2 heterocycles. The molecule has 0 aromatic heterocycles. The molecule has 1 aromatic carbocycles. The van der Waals surface area contributed by atoms with Crippen LogP contribution in [0.2, 0.25) is 0 Å². The second-order valence-corrected chi connectivity index (χ2v) is 9.54. The highest BCUT2D eigenvalue weighted by Gasteiger charge is 2.38. The third-order valence-corrected chi connectivity index (χ3v) is 6.46. The van der Waals surface area contributed by atoms with Gasteiger partial charge in [-0.2, -0.15) is 13.2 Å². The Morgan fingerprint density at radius 2 is 1.61 bits per heavy atom. The number of Topliss-reactive ketones (excluding diaryl/α,β-unsaturated/α-hetero) is 1. The van der Waals surface area contributed by atoms with Crippen LogP contribution in [0.25, 0.3) is 0 Å². The van der Waals surface area contributed by atoms with Crippen LogP contribution in [0.1, 0.15) is 44.6 Å². The minimum absolute atomic E-state index is 0.0249. The van der Waals surface area contributed by atoms with Crippen LogP contribution in [0.4, 0.5) is 18.9 Å². The maximum Gasteiger partial charge on any atom is 0.471 e. The average molecular weight is 513 g/mol. The molecule has 2 saturated heterocycles. The predicted molar refractivity (Wildman–Crippen MR) is 128 cm³/mol. The van der Waals surface area contributed by atoms with E-state index >= 15 is 0 Å². The fourth-order valence-corrected chi connectivity index (χ4v) is 4.45. The maximum absolute atomic E-state index is 12.4. The van der Waals surface area contributed by atoms with Gasteiger partial charge in [0.05, 0.1) is 12.2 Å². The molecule has 0 radical (unpaired) electrons. The lowest BCUT2D eigenvalue weighted by atomic mass is 10.1. The largest absolute Gasteiger partial charge is 0.471 e. The summed E-state index contributed by atoms with van der Waals surface area (Å²) in [6.45, 7) is 7.12. The molecule has 2 fully saturated rings. The van der Waals surface area contributed by atoms with Crippen molar-refractivity contribution in [3.8, 4) is 0 Å². The molecule has 2 atom stereocenters. The van der Waals surface area contributed by atoms with E-state index in [2.05, 4.69) is 15.1 Å². The second kappa shape index (κ2) is 13.2. The van der Waals surface area contributed by atoms with Crippen molar-refractivity contribution >= 4 is 23.3 Å². The molecule has 2 aliphatic heterocycles. The predicted octanol–water partition coefficient (Wildman–Crippen LogP) is 2.73. The third-order valence-electron chi connectivity index (χ3n) is 6.46. The molecular weight excluding hydrogens is 477 g/mol. The van der Waals surface area contributed by atoms with Gasteiger partial charge in [-0.25, -0.2) is 0 Å². The van der Waals surface area contributed by atoms with E-state index in [-0.39, 0.29) is 29.6 Å². The molecule has 2 amide bonds. The summed E-state index contributed by atoms with van der Waals surface area (Å²) in [5.74, 6) is -1.92. The van der Waals surface area contributed by atoms with Gasteiger partial charge in [0.25, 0.3) is 0 Å². The van der Waals surface area contributed by atoms with Crippen LogP contribution in [0.5, 0.6) is 0 Å². The highest BCUT2D eigenvalue weighted by atomic mass is 19.4. The summed E-state index contributed by atoms with van der Waals surface area (Å²) in [5.41, 5.74) is 1.09. The molecule has 8 nitrogen and oxygen atoms in total. The zero-order valence-corrected chi connectivity index (χ0v) is 20.6. The number of ketones is 1. The SMILES string of the molecule is CC(=O)CCCC(=O)NCC1CCC(CN2CCN(Cc3ccc(NC(=O)C(F)(F)F)cc3)CC2)O1. The first-order chi connectivity index (χ1) is 17.1. The van der Waals surface area contributed by atoms with E-state index in [1.807, 2.05) is 5.32 Å². The summed E-state index contributed by atoms with van der Waals surface area (Å²) in [6.07, 6.45) is -1.49. The molecule has 2 unspecified atom stereocenters. The third kappa shape index (κ3) is 9.51. The number of rotatable bonds is 11. The number of halogens is 3. The highest BCUT2D eigenvalue weighted by molar-refractivity contribution is 5.94. The number of carbonyl (C=O) groups excluding carboxylic acids is 3. The van der Waals surface area contributed by atoms with Crippen molar-refractivity contribution in [1.29, 1.82) is 0 Å². The molecule has 0 aliphatic carbocycles. The van der Waals surface area contributed by atoms with Crippen molar-refractivity contribution < 1.29 is 32.3 Å². The Hall–Kier alpha value is -2.50. The van der Waals surface area contributed by atoms with Gasteiger partial charge in [-0.3, -0.25) is 19.4 Å². The van der Waals surface area contributed by atoms with Gasteiger partial charge in [0, 0.05) is 64.3 Å². The molecule has 0 spiro atoms. The number of piperazine rings is 1. The molecule has 0 saturated carbocycles. The van der Waals surface area contributed by atoms with Crippen LogP contribution in [0.3, 0.4) is 0 Å². The van der Waals surface area contributed by atoms with Crippen LogP contribution < -0.4 is 10.6 Å². The van der Waals surface area contributed by atoms with Crippen molar-refractivity contribution in [1.82, 2.24) is 15.1 Å². The Morgan fingerprint density at radius 3 is 2.25 bits per heavy atom. The first kappa shape index (κ1) is 28.1. The van der Waals surface area contributed by atoms with Crippen LogP contribution in [-0.4, -0.2) is 85.1 Å². The molecule has 2 aliphatic rings. The Bertz CT molecular complexity index is 886. The minimum Gasteiger partial charge on any atom is -0.372 e. The van der Waals surface area contributed by atoms with Gasteiger partial charge in [0.1, 0.15) is 5.78 Å². The van der Waals surface area contributed by atoms with Crippen LogP contribution >= 0.6 is 0 Å². The van der Waals surface area contributed by atoms with Crippen molar-refractivity contribution in [2.45, 2.75) is 64.0 Å². The number of amides is 2. The smallest absolute Gasteiger partial charge is 0.372 e. The molecular formula is C25H35F3N4O4. The summed E-state index contributed by atoms with van der Waals surface area (Å²) >= 11 is 0. The number of hydrogen-bond donors (Lipinski definition) is 2. The van der Waals surface area contributed by atoms with Crippen LogP contribution in [0.15, 0.2) is 24.3 Å². The number of benzene rings is 1. The monoisotopic (exact) mass is 512 g/mol.